The van der Waals surface area contributed by atoms with Crippen molar-refractivity contribution < 1.29 is 32.4 Å². The van der Waals surface area contributed by atoms with Gasteiger partial charge in [0.1, 0.15) is 28.4 Å². The van der Waals surface area contributed by atoms with Crippen LogP contribution in [-0.2, 0) is 11.0 Å². The minimum Gasteiger partial charge on any atom is -0.481 e. The van der Waals surface area contributed by atoms with Crippen molar-refractivity contribution in [3.8, 4) is 23.4 Å². The largest absolute Gasteiger partial charge is 0.481 e. The SMILES string of the molecule is CC(Oc1ccc(Oc2ncc(C(F)(F)F)cc2Cl)cc1)C(=O)N(C)c1ccc([N+](=O)[O-])c(C#N)n1. The number of hydrogen-bond acceptors (Lipinski definition) is 8. The topological polar surface area (TPSA) is 131 Å². The monoisotopic (exact) mass is 521 g/mol. The molecule has 1 unspecified atom stereocenters. The van der Waals surface area contributed by atoms with E-state index in [0.29, 0.717) is 12.3 Å². The first-order chi connectivity index (χ1) is 16.9. The standard InChI is InChI=1S/C22H15ClF3N5O5/c1-12(21(32)30(2)19-8-7-18(31(33)34)17(10-27)29-19)35-14-3-5-15(6-4-14)36-20-16(23)9-13(11-28-20)22(24,25)26/h3-9,11-12H,1-2H3. The predicted molar refractivity (Wildman–Crippen MR) is 120 cm³/mol. The molecule has 2 heterocycles. The van der Waals surface area contributed by atoms with Gasteiger partial charge in [0.15, 0.2) is 6.10 Å². The number of nitrogens with zero attached hydrogens (tertiary/aromatic N) is 5. The summed E-state index contributed by atoms with van der Waals surface area (Å²) in [6, 6.07) is 10.4. The lowest BCUT2D eigenvalue weighted by Gasteiger charge is -2.21. The fourth-order valence-corrected chi connectivity index (χ4v) is 3.06. The van der Waals surface area contributed by atoms with Crippen molar-refractivity contribution in [2.45, 2.75) is 19.2 Å². The highest BCUT2D eigenvalue weighted by atomic mass is 35.5. The van der Waals surface area contributed by atoms with Crippen LogP contribution in [0.3, 0.4) is 0 Å². The Kier molecular flexibility index (Phi) is 7.59. The Morgan fingerprint density at radius 2 is 1.86 bits per heavy atom. The molecule has 0 saturated heterocycles. The number of ether oxygens (including phenoxy) is 2. The number of benzene rings is 1. The van der Waals surface area contributed by atoms with Gasteiger partial charge in [-0.2, -0.15) is 18.4 Å². The highest BCUT2D eigenvalue weighted by molar-refractivity contribution is 6.31. The molecule has 186 valence electrons. The smallest absolute Gasteiger partial charge is 0.417 e. The number of rotatable bonds is 7. The third kappa shape index (κ3) is 5.97. The first-order valence-electron chi connectivity index (χ1n) is 9.91. The van der Waals surface area contributed by atoms with Gasteiger partial charge in [-0.1, -0.05) is 11.6 Å². The first kappa shape index (κ1) is 26.2. The summed E-state index contributed by atoms with van der Waals surface area (Å²) in [6.07, 6.45) is -5.01. The highest BCUT2D eigenvalue weighted by Crippen LogP contribution is 2.35. The van der Waals surface area contributed by atoms with Crippen LogP contribution in [0.15, 0.2) is 48.7 Å². The van der Waals surface area contributed by atoms with Crippen molar-refractivity contribution in [1.82, 2.24) is 9.97 Å². The lowest BCUT2D eigenvalue weighted by molar-refractivity contribution is -0.385. The van der Waals surface area contributed by atoms with E-state index in [-0.39, 0.29) is 28.2 Å². The van der Waals surface area contributed by atoms with Crippen LogP contribution in [0.2, 0.25) is 5.02 Å². The molecule has 1 atom stereocenters. The molecule has 0 radical (unpaired) electrons. The number of carbonyl (C=O) groups excluding carboxylic acids is 1. The maximum Gasteiger partial charge on any atom is 0.417 e. The molecule has 3 rings (SSSR count). The third-order valence-electron chi connectivity index (χ3n) is 4.67. The molecule has 0 aliphatic heterocycles. The molecule has 0 aliphatic carbocycles. The molecule has 10 nitrogen and oxygen atoms in total. The van der Waals surface area contributed by atoms with E-state index in [0.717, 1.165) is 11.0 Å². The fraction of sp³-hybridized carbons (Fsp3) is 0.182. The number of nitriles is 1. The van der Waals surface area contributed by atoms with Crippen LogP contribution in [0.1, 0.15) is 18.2 Å². The van der Waals surface area contributed by atoms with E-state index < -0.39 is 40.1 Å². The molecular weight excluding hydrogens is 507 g/mol. The van der Waals surface area contributed by atoms with Crippen molar-refractivity contribution in [2.75, 3.05) is 11.9 Å². The van der Waals surface area contributed by atoms with Crippen LogP contribution in [0.25, 0.3) is 0 Å². The summed E-state index contributed by atoms with van der Waals surface area (Å²) < 4.78 is 49.2. The number of pyridine rings is 2. The van der Waals surface area contributed by atoms with Gasteiger partial charge in [-0.05, 0) is 43.3 Å². The second kappa shape index (κ2) is 10.4. The van der Waals surface area contributed by atoms with Crippen LogP contribution in [0.5, 0.6) is 17.4 Å². The molecule has 0 bridgehead atoms. The molecule has 0 N–H and O–H groups in total. The molecular formula is C22H15ClF3N5O5. The molecule has 3 aromatic rings. The van der Waals surface area contributed by atoms with Crippen LogP contribution >= 0.6 is 11.6 Å². The minimum atomic E-state index is -4.59. The third-order valence-corrected chi connectivity index (χ3v) is 4.94. The van der Waals surface area contributed by atoms with Gasteiger partial charge >= 0.3 is 11.9 Å². The van der Waals surface area contributed by atoms with Crippen molar-refractivity contribution in [1.29, 1.82) is 5.26 Å². The predicted octanol–water partition coefficient (Wildman–Crippen LogP) is 5.15. The Bertz CT molecular complexity index is 1350. The maximum atomic E-state index is 12.7. The van der Waals surface area contributed by atoms with Gasteiger partial charge in [-0.25, -0.2) is 9.97 Å². The summed E-state index contributed by atoms with van der Waals surface area (Å²) in [5, 5.41) is 19.7. The van der Waals surface area contributed by atoms with Gasteiger partial charge in [-0.3, -0.25) is 19.8 Å². The highest BCUT2D eigenvalue weighted by Gasteiger charge is 2.32. The summed E-state index contributed by atoms with van der Waals surface area (Å²) >= 11 is 5.83. The zero-order valence-electron chi connectivity index (χ0n) is 18.5. The van der Waals surface area contributed by atoms with Gasteiger partial charge in [0.05, 0.1) is 10.5 Å². The lowest BCUT2D eigenvalue weighted by Crippen LogP contribution is -2.38. The second-order valence-corrected chi connectivity index (χ2v) is 7.55. The number of likely N-dealkylation sites (N-methyl/N-ethyl adjacent to an activating group) is 1. The van der Waals surface area contributed by atoms with Gasteiger partial charge in [0, 0.05) is 19.3 Å². The second-order valence-electron chi connectivity index (χ2n) is 7.15. The zero-order chi connectivity index (χ0) is 26.6. The van der Waals surface area contributed by atoms with Gasteiger partial charge in [-0.15, -0.1) is 0 Å². The number of halogens is 4. The summed E-state index contributed by atoms with van der Waals surface area (Å²) in [5.41, 5.74) is -1.94. The normalized spacial score (nSPS) is 11.8. The summed E-state index contributed by atoms with van der Waals surface area (Å²) in [7, 11) is 1.37. The van der Waals surface area contributed by atoms with Gasteiger partial charge < -0.3 is 9.47 Å². The molecule has 2 aromatic heterocycles. The Morgan fingerprint density at radius 1 is 1.22 bits per heavy atom. The van der Waals surface area contributed by atoms with E-state index in [1.165, 1.54) is 44.3 Å². The Hall–Kier alpha value is -4.44. The van der Waals surface area contributed by atoms with Crippen LogP contribution in [0, 0.1) is 21.4 Å². The van der Waals surface area contributed by atoms with Crippen molar-refractivity contribution in [3.63, 3.8) is 0 Å². The van der Waals surface area contributed by atoms with Crippen molar-refractivity contribution in [2.24, 2.45) is 0 Å². The molecule has 1 aromatic carbocycles. The first-order valence-corrected chi connectivity index (χ1v) is 10.3. The van der Waals surface area contributed by atoms with E-state index in [1.807, 2.05) is 0 Å². The summed E-state index contributed by atoms with van der Waals surface area (Å²) in [6.45, 7) is 1.46. The Morgan fingerprint density at radius 3 is 2.42 bits per heavy atom. The summed E-state index contributed by atoms with van der Waals surface area (Å²) in [4.78, 5) is 31.5. The fourth-order valence-electron chi connectivity index (χ4n) is 2.85. The van der Waals surface area contributed by atoms with Crippen molar-refractivity contribution >= 4 is 29.0 Å². The number of hydrogen-bond donors (Lipinski definition) is 0. The summed E-state index contributed by atoms with van der Waals surface area (Å²) in [5.74, 6) is -0.302. The van der Waals surface area contributed by atoms with Crippen LogP contribution < -0.4 is 14.4 Å². The molecule has 36 heavy (non-hydrogen) atoms. The molecule has 1 amide bonds. The molecule has 0 aliphatic rings. The Balaban J connectivity index is 1.66. The number of amides is 1. The Labute approximate surface area is 206 Å². The average Bonchev–Trinajstić information content (AvgIpc) is 2.84. The number of carbonyl (C=O) groups is 1. The van der Waals surface area contributed by atoms with E-state index >= 15 is 0 Å². The van der Waals surface area contributed by atoms with Gasteiger partial charge in [0.2, 0.25) is 11.6 Å². The zero-order valence-corrected chi connectivity index (χ0v) is 19.2. The number of alkyl halides is 3. The minimum absolute atomic E-state index is 0.0160. The van der Waals surface area contributed by atoms with E-state index in [9.17, 15) is 28.1 Å². The van der Waals surface area contributed by atoms with Crippen molar-refractivity contribution in [3.05, 3.63) is 75.1 Å². The van der Waals surface area contributed by atoms with Crippen LogP contribution in [-0.4, -0.2) is 34.0 Å². The molecule has 14 heteroatoms. The van der Waals surface area contributed by atoms with E-state index in [1.54, 1.807) is 6.07 Å². The van der Waals surface area contributed by atoms with Crippen LogP contribution in [0.4, 0.5) is 24.7 Å². The molecule has 0 saturated carbocycles. The molecule has 0 fully saturated rings. The molecule has 0 spiro atoms. The van der Waals surface area contributed by atoms with E-state index in [4.69, 9.17) is 26.3 Å². The number of anilines is 1. The van der Waals surface area contributed by atoms with E-state index in [2.05, 4.69) is 9.97 Å². The number of aromatic nitrogens is 2. The average molecular weight is 522 g/mol. The quantitative estimate of drug-likeness (QED) is 0.308. The number of nitro groups is 1. The maximum absolute atomic E-state index is 12.7. The van der Waals surface area contributed by atoms with Gasteiger partial charge in [0.25, 0.3) is 5.91 Å². The lowest BCUT2D eigenvalue weighted by atomic mass is 10.2.